The van der Waals surface area contributed by atoms with Gasteiger partial charge in [-0.2, -0.15) is 4.99 Å². The van der Waals surface area contributed by atoms with Gasteiger partial charge in [0, 0.05) is 25.3 Å². The number of rotatable bonds is 5. The summed E-state index contributed by atoms with van der Waals surface area (Å²) in [5, 5.41) is 3.09. The molecule has 25 heavy (non-hydrogen) atoms. The average Bonchev–Trinajstić information content (AvgIpc) is 3.03. The lowest BCUT2D eigenvalue weighted by molar-refractivity contribution is 0.0231. The van der Waals surface area contributed by atoms with E-state index in [4.69, 9.17) is 20.9 Å². The summed E-state index contributed by atoms with van der Waals surface area (Å²) in [5.41, 5.74) is 12.4. The first-order valence-corrected chi connectivity index (χ1v) is 8.07. The first kappa shape index (κ1) is 17.4. The summed E-state index contributed by atoms with van der Waals surface area (Å²) in [4.78, 5) is 10.6. The van der Waals surface area contributed by atoms with E-state index in [1.54, 1.807) is 19.2 Å². The summed E-state index contributed by atoms with van der Waals surface area (Å²) in [6, 6.07) is 4.77. The maximum absolute atomic E-state index is 14.4. The lowest BCUT2D eigenvalue weighted by Crippen LogP contribution is -2.63. The van der Waals surface area contributed by atoms with E-state index in [1.807, 2.05) is 0 Å². The zero-order valence-electron chi connectivity index (χ0n) is 14.3. The lowest BCUT2D eigenvalue weighted by Gasteiger charge is -2.43. The molecule has 2 aliphatic rings. The van der Waals surface area contributed by atoms with Gasteiger partial charge < -0.3 is 26.3 Å². The van der Waals surface area contributed by atoms with Crippen LogP contribution in [0.3, 0.4) is 0 Å². The number of hydrogen-bond donors (Lipinski definition) is 3. The number of guanidine groups is 2. The summed E-state index contributed by atoms with van der Waals surface area (Å²) in [6.07, 6.45) is 1.89. The van der Waals surface area contributed by atoms with Gasteiger partial charge in [0.1, 0.15) is 0 Å². The molecule has 1 saturated heterocycles. The van der Waals surface area contributed by atoms with Crippen molar-refractivity contribution in [3.8, 4) is 5.75 Å². The highest BCUT2D eigenvalue weighted by atomic mass is 19.1. The smallest absolute Gasteiger partial charge is 0.222 e. The van der Waals surface area contributed by atoms with Crippen LogP contribution in [0.2, 0.25) is 0 Å². The summed E-state index contributed by atoms with van der Waals surface area (Å²) in [7, 11) is 3.07. The molecule has 0 spiro atoms. The fraction of sp³-hybridized carbons (Fsp3) is 0.500. The van der Waals surface area contributed by atoms with Gasteiger partial charge in [0.15, 0.2) is 17.5 Å². The number of methoxy groups -OCH3 is 2. The van der Waals surface area contributed by atoms with Gasteiger partial charge in [-0.25, -0.2) is 9.38 Å². The molecule has 2 aliphatic heterocycles. The second-order valence-corrected chi connectivity index (χ2v) is 6.06. The highest BCUT2D eigenvalue weighted by Crippen LogP contribution is 2.37. The van der Waals surface area contributed by atoms with Gasteiger partial charge >= 0.3 is 0 Å². The van der Waals surface area contributed by atoms with Gasteiger partial charge in [-0.1, -0.05) is 0 Å². The number of benzene rings is 1. The van der Waals surface area contributed by atoms with Crippen molar-refractivity contribution in [2.75, 3.05) is 27.4 Å². The van der Waals surface area contributed by atoms with E-state index in [0.29, 0.717) is 12.2 Å². The predicted molar refractivity (Wildman–Crippen MR) is 92.6 cm³/mol. The molecule has 1 unspecified atom stereocenters. The molecule has 2 atom stereocenters. The highest BCUT2D eigenvalue weighted by molar-refractivity contribution is 5.95. The van der Waals surface area contributed by atoms with Crippen LogP contribution in [-0.2, 0) is 10.5 Å². The second-order valence-electron chi connectivity index (χ2n) is 6.06. The molecule has 0 radical (unpaired) electrons. The van der Waals surface area contributed by atoms with E-state index in [0.717, 1.165) is 19.4 Å². The molecule has 0 aliphatic carbocycles. The van der Waals surface area contributed by atoms with E-state index >= 15 is 0 Å². The van der Waals surface area contributed by atoms with Crippen molar-refractivity contribution in [1.29, 1.82) is 0 Å². The monoisotopic (exact) mass is 350 g/mol. The molecule has 9 heteroatoms. The quantitative estimate of drug-likeness (QED) is 0.704. The Hall–Kier alpha value is -2.39. The largest absolute Gasteiger partial charge is 0.494 e. The molecule has 136 valence electrons. The Bertz CT molecular complexity index is 710. The number of ether oxygens (including phenoxy) is 2. The van der Waals surface area contributed by atoms with Crippen molar-refractivity contribution in [1.82, 2.24) is 10.2 Å². The molecule has 2 heterocycles. The lowest BCUT2D eigenvalue weighted by atomic mass is 10.0. The topological polar surface area (TPSA) is 110 Å². The second kappa shape index (κ2) is 6.85. The maximum Gasteiger partial charge on any atom is 0.222 e. The highest BCUT2D eigenvalue weighted by Gasteiger charge is 2.46. The first-order valence-electron chi connectivity index (χ1n) is 8.07. The summed E-state index contributed by atoms with van der Waals surface area (Å²) < 4.78 is 24.7. The normalized spacial score (nSPS) is 26.8. The van der Waals surface area contributed by atoms with Crippen molar-refractivity contribution < 1.29 is 13.9 Å². The number of likely N-dealkylation sites (tertiary alicyclic amines) is 1. The van der Waals surface area contributed by atoms with Crippen LogP contribution < -0.4 is 21.5 Å². The summed E-state index contributed by atoms with van der Waals surface area (Å²) in [6.45, 7) is 1.26. The average molecular weight is 350 g/mol. The molecule has 0 saturated carbocycles. The number of aliphatic imine (C=N–C) groups is 2. The fourth-order valence-electron chi connectivity index (χ4n) is 3.50. The zero-order valence-corrected chi connectivity index (χ0v) is 14.3. The van der Waals surface area contributed by atoms with E-state index in [1.165, 1.54) is 13.2 Å². The Morgan fingerprint density at radius 2 is 2.20 bits per heavy atom. The van der Waals surface area contributed by atoms with Crippen molar-refractivity contribution in [2.45, 2.75) is 24.7 Å². The fourth-order valence-corrected chi connectivity index (χ4v) is 3.50. The van der Waals surface area contributed by atoms with Crippen molar-refractivity contribution in [3.05, 3.63) is 29.6 Å². The van der Waals surface area contributed by atoms with E-state index in [2.05, 4.69) is 20.2 Å². The number of nitrogens with two attached hydrogens (primary N) is 2. The molecule has 0 amide bonds. The first-order chi connectivity index (χ1) is 12.0. The van der Waals surface area contributed by atoms with Gasteiger partial charge in [-0.05, 0) is 31.0 Å². The Morgan fingerprint density at radius 1 is 1.40 bits per heavy atom. The summed E-state index contributed by atoms with van der Waals surface area (Å²) in [5.74, 6) is -1.30. The van der Waals surface area contributed by atoms with Crippen LogP contribution in [0.1, 0.15) is 18.4 Å². The Morgan fingerprint density at radius 3 is 2.84 bits per heavy atom. The predicted octanol–water partition coefficient (Wildman–Crippen LogP) is 0.288. The zero-order chi connectivity index (χ0) is 18.0. The standard InChI is InChI=1S/C16H23FN6O2/c1-24-9-11-4-3-7-23(11)16(21-14(18)20-15(19)22-16)10-5-6-13(25-2)12(17)8-10/h5-6,8,11H,3-4,7,9H2,1-2H3,(H5,18,19,20,21,22)/t11-/m0/s1. The Kier molecular flexibility index (Phi) is 4.78. The minimum atomic E-state index is -1.14. The van der Waals surface area contributed by atoms with Crippen LogP contribution >= 0.6 is 0 Å². The van der Waals surface area contributed by atoms with Gasteiger partial charge in [0.25, 0.3) is 0 Å². The number of nitrogens with one attached hydrogen (secondary N) is 1. The van der Waals surface area contributed by atoms with E-state index < -0.39 is 11.6 Å². The molecule has 1 aromatic carbocycles. The minimum Gasteiger partial charge on any atom is -0.494 e. The molecule has 3 rings (SSSR count). The van der Waals surface area contributed by atoms with Crippen LogP contribution in [0, 0.1) is 5.82 Å². The third-order valence-electron chi connectivity index (χ3n) is 4.52. The van der Waals surface area contributed by atoms with Gasteiger partial charge in [-0.3, -0.25) is 4.90 Å². The van der Waals surface area contributed by atoms with Crippen LogP contribution in [0.5, 0.6) is 5.75 Å². The van der Waals surface area contributed by atoms with Gasteiger partial charge in [0.2, 0.25) is 11.7 Å². The molecule has 1 aromatic rings. The van der Waals surface area contributed by atoms with Crippen LogP contribution in [-0.4, -0.2) is 50.2 Å². The molecule has 8 nitrogen and oxygen atoms in total. The van der Waals surface area contributed by atoms with Crippen LogP contribution in [0.25, 0.3) is 0 Å². The molecular formula is C16H23FN6O2. The third-order valence-corrected chi connectivity index (χ3v) is 4.52. The third kappa shape index (κ3) is 3.12. The molecule has 5 N–H and O–H groups in total. The minimum absolute atomic E-state index is 0.0375. The van der Waals surface area contributed by atoms with E-state index in [-0.39, 0.29) is 23.7 Å². The van der Waals surface area contributed by atoms with Gasteiger partial charge in [-0.15, -0.1) is 0 Å². The van der Waals surface area contributed by atoms with Crippen LogP contribution in [0.4, 0.5) is 4.39 Å². The molecule has 0 bridgehead atoms. The summed E-state index contributed by atoms with van der Waals surface area (Å²) >= 11 is 0. The molecule has 1 fully saturated rings. The SMILES string of the molecule is COC[C@@H]1CCCN1C1(c2ccc(OC)c(F)c2)N=C(N)N=C(N)N1. The number of nitrogens with zero attached hydrogens (tertiary/aromatic N) is 3. The van der Waals surface area contributed by atoms with Crippen LogP contribution in [0.15, 0.2) is 28.2 Å². The maximum atomic E-state index is 14.4. The van der Waals surface area contributed by atoms with Crippen molar-refractivity contribution in [2.24, 2.45) is 21.5 Å². The molecule has 0 aromatic heterocycles. The number of halogens is 1. The molecular weight excluding hydrogens is 327 g/mol. The Labute approximate surface area is 145 Å². The van der Waals surface area contributed by atoms with Crippen molar-refractivity contribution in [3.63, 3.8) is 0 Å². The van der Waals surface area contributed by atoms with Gasteiger partial charge in [0.05, 0.1) is 13.7 Å². The number of hydrogen-bond acceptors (Lipinski definition) is 8. The van der Waals surface area contributed by atoms with E-state index in [9.17, 15) is 4.39 Å². The Balaban J connectivity index is 2.10. The van der Waals surface area contributed by atoms with Crippen molar-refractivity contribution >= 4 is 11.9 Å².